The van der Waals surface area contributed by atoms with Crippen LogP contribution in [0.4, 0.5) is 0 Å². The van der Waals surface area contributed by atoms with Crippen LogP contribution in [-0.2, 0) is 0 Å². The van der Waals surface area contributed by atoms with Gasteiger partial charge in [0.1, 0.15) is 5.75 Å². The van der Waals surface area contributed by atoms with Crippen molar-refractivity contribution in [1.29, 1.82) is 0 Å². The van der Waals surface area contributed by atoms with Crippen LogP contribution in [0, 0.1) is 17.8 Å². The first-order chi connectivity index (χ1) is 10.3. The van der Waals surface area contributed by atoms with Gasteiger partial charge >= 0.3 is 0 Å². The normalized spacial score (nSPS) is 26.4. The molecule has 2 aliphatic rings. The number of carbonyl (C=O) groups is 1. The summed E-state index contributed by atoms with van der Waals surface area (Å²) in [6, 6.07) is 7.08. The quantitative estimate of drug-likeness (QED) is 0.513. The molecule has 110 valence electrons. The lowest BCUT2D eigenvalue weighted by Gasteiger charge is -2.11. The van der Waals surface area contributed by atoms with Gasteiger partial charge in [0, 0.05) is 17.7 Å². The first kappa shape index (κ1) is 13.9. The van der Waals surface area contributed by atoms with E-state index in [-0.39, 0.29) is 5.91 Å². The smallest absolute Gasteiger partial charge is 0.271 e. The highest BCUT2D eigenvalue weighted by atomic mass is 16.5. The van der Waals surface area contributed by atoms with Crippen LogP contribution < -0.4 is 10.2 Å². The first-order valence-corrected chi connectivity index (χ1v) is 7.51. The number of nitrogens with one attached hydrogen (secondary N) is 1. The highest BCUT2D eigenvalue weighted by Crippen LogP contribution is 2.42. The Bertz CT molecular complexity index is 563. The molecule has 21 heavy (non-hydrogen) atoms. The van der Waals surface area contributed by atoms with Gasteiger partial charge in [0.25, 0.3) is 5.91 Å². The van der Waals surface area contributed by atoms with Crippen molar-refractivity contribution in [2.45, 2.75) is 19.8 Å². The maximum atomic E-state index is 12.0. The number of carbonyl (C=O) groups excluding carboxylic acids is 1. The van der Waals surface area contributed by atoms with E-state index in [0.29, 0.717) is 29.9 Å². The summed E-state index contributed by atoms with van der Waals surface area (Å²) < 4.78 is 5.35. The third-order valence-electron chi connectivity index (χ3n) is 4.19. The second-order valence-electron chi connectivity index (χ2n) is 5.62. The second-order valence-corrected chi connectivity index (χ2v) is 5.62. The van der Waals surface area contributed by atoms with E-state index in [1.807, 2.05) is 13.1 Å². The van der Waals surface area contributed by atoms with Crippen LogP contribution in [0.1, 0.15) is 30.1 Å². The zero-order chi connectivity index (χ0) is 14.7. The van der Waals surface area contributed by atoms with Crippen molar-refractivity contribution in [3.63, 3.8) is 0 Å². The highest BCUT2D eigenvalue weighted by Gasteiger charge is 2.34. The largest absolute Gasteiger partial charge is 0.494 e. The molecular formula is C17H20N2O2. The molecule has 1 fully saturated rings. The number of hydrogen-bond donors (Lipinski definition) is 1. The molecule has 0 aromatic heterocycles. The number of hydrazone groups is 1. The van der Waals surface area contributed by atoms with E-state index in [2.05, 4.69) is 22.7 Å². The summed E-state index contributed by atoms with van der Waals surface area (Å²) in [5.74, 6) is 2.38. The molecule has 0 heterocycles. The summed E-state index contributed by atoms with van der Waals surface area (Å²) in [5, 5.41) is 4.12. The van der Waals surface area contributed by atoms with Gasteiger partial charge in [0.05, 0.1) is 6.61 Å². The predicted molar refractivity (Wildman–Crippen MR) is 82.4 cm³/mol. The Morgan fingerprint density at radius 1 is 1.33 bits per heavy atom. The van der Waals surface area contributed by atoms with Crippen molar-refractivity contribution >= 4 is 12.1 Å². The van der Waals surface area contributed by atoms with Gasteiger partial charge in [0.15, 0.2) is 0 Å². The van der Waals surface area contributed by atoms with E-state index in [1.165, 1.54) is 6.42 Å². The first-order valence-electron chi connectivity index (χ1n) is 7.51. The minimum Gasteiger partial charge on any atom is -0.494 e. The van der Waals surface area contributed by atoms with Gasteiger partial charge in [0.2, 0.25) is 0 Å². The number of allylic oxidation sites excluding steroid dienone is 2. The number of rotatable bonds is 5. The fraction of sp³-hybridized carbons (Fsp3) is 0.412. The average Bonchev–Trinajstić information content (AvgIpc) is 3.11. The monoisotopic (exact) mass is 284 g/mol. The average molecular weight is 284 g/mol. The Hall–Kier alpha value is -2.10. The molecule has 0 aliphatic heterocycles. The molecule has 1 N–H and O–H groups in total. The van der Waals surface area contributed by atoms with Gasteiger partial charge in [-0.15, -0.1) is 0 Å². The number of fused-ring (bicyclic) bond motifs is 2. The van der Waals surface area contributed by atoms with Crippen LogP contribution in [0.3, 0.4) is 0 Å². The van der Waals surface area contributed by atoms with Crippen molar-refractivity contribution in [2.24, 2.45) is 22.9 Å². The van der Waals surface area contributed by atoms with Crippen molar-refractivity contribution in [3.05, 3.63) is 42.0 Å². The van der Waals surface area contributed by atoms with Crippen LogP contribution >= 0.6 is 0 Å². The Labute approximate surface area is 124 Å². The fourth-order valence-corrected chi connectivity index (χ4v) is 3.12. The summed E-state index contributed by atoms with van der Waals surface area (Å²) >= 11 is 0. The van der Waals surface area contributed by atoms with Crippen LogP contribution in [0.15, 0.2) is 41.5 Å². The maximum Gasteiger partial charge on any atom is 0.271 e. The maximum absolute atomic E-state index is 12.0. The number of amides is 1. The lowest BCUT2D eigenvalue weighted by atomic mass is 9.95. The zero-order valence-electron chi connectivity index (χ0n) is 12.2. The van der Waals surface area contributed by atoms with Crippen LogP contribution in [0.2, 0.25) is 0 Å². The Balaban J connectivity index is 1.53. The minimum atomic E-state index is -0.187. The topological polar surface area (TPSA) is 50.7 Å². The van der Waals surface area contributed by atoms with E-state index in [1.54, 1.807) is 24.3 Å². The van der Waals surface area contributed by atoms with Gasteiger partial charge in [-0.3, -0.25) is 4.79 Å². The summed E-state index contributed by atoms with van der Waals surface area (Å²) in [6.45, 7) is 2.55. The van der Waals surface area contributed by atoms with E-state index >= 15 is 0 Å². The van der Waals surface area contributed by atoms with Crippen LogP contribution in [0.5, 0.6) is 5.75 Å². The van der Waals surface area contributed by atoms with Gasteiger partial charge in [-0.1, -0.05) is 12.2 Å². The molecule has 3 atom stereocenters. The summed E-state index contributed by atoms with van der Waals surface area (Å²) in [7, 11) is 0. The Morgan fingerprint density at radius 2 is 2.14 bits per heavy atom. The SMILES string of the molecule is CCOc1ccc(C(=O)NN=CC2CC3C=CC2C3)cc1. The fourth-order valence-electron chi connectivity index (χ4n) is 3.12. The lowest BCUT2D eigenvalue weighted by molar-refractivity contribution is 0.0955. The van der Waals surface area contributed by atoms with E-state index in [4.69, 9.17) is 4.74 Å². The van der Waals surface area contributed by atoms with Gasteiger partial charge in [-0.25, -0.2) is 5.43 Å². The number of benzene rings is 1. The third-order valence-corrected chi connectivity index (χ3v) is 4.19. The highest BCUT2D eigenvalue weighted by molar-refractivity contribution is 5.94. The number of nitrogens with zero attached hydrogens (tertiary/aromatic N) is 1. The summed E-state index contributed by atoms with van der Waals surface area (Å²) in [4.78, 5) is 12.0. The molecule has 3 rings (SSSR count). The third kappa shape index (κ3) is 3.15. The standard InChI is InChI=1S/C17H20N2O2/c1-2-21-16-7-5-13(6-8-16)17(20)19-18-11-15-10-12-3-4-14(15)9-12/h3-8,11-12,14-15H,2,9-10H2,1H3,(H,19,20). The molecule has 2 bridgehead atoms. The summed E-state index contributed by atoms with van der Waals surface area (Å²) in [5.41, 5.74) is 3.19. The summed E-state index contributed by atoms with van der Waals surface area (Å²) in [6.07, 6.45) is 8.86. The molecule has 0 saturated heterocycles. The van der Waals surface area contributed by atoms with E-state index in [9.17, 15) is 4.79 Å². The van der Waals surface area contributed by atoms with Crippen LogP contribution in [0.25, 0.3) is 0 Å². The number of hydrogen-bond acceptors (Lipinski definition) is 3. The molecule has 0 radical (unpaired) electrons. The molecule has 4 heteroatoms. The van der Waals surface area contributed by atoms with Gasteiger partial charge in [-0.05, 0) is 55.9 Å². The molecule has 1 amide bonds. The molecule has 2 aliphatic carbocycles. The molecule has 1 aromatic rings. The van der Waals surface area contributed by atoms with Crippen molar-refractivity contribution in [3.8, 4) is 5.75 Å². The second kappa shape index (κ2) is 6.12. The molecule has 1 aromatic carbocycles. The van der Waals surface area contributed by atoms with Crippen molar-refractivity contribution < 1.29 is 9.53 Å². The minimum absolute atomic E-state index is 0.187. The van der Waals surface area contributed by atoms with Crippen molar-refractivity contribution in [1.82, 2.24) is 5.43 Å². The molecule has 1 saturated carbocycles. The Kier molecular flexibility index (Phi) is 4.04. The van der Waals surface area contributed by atoms with Gasteiger partial charge in [-0.2, -0.15) is 5.10 Å². The molecule has 0 spiro atoms. The van der Waals surface area contributed by atoms with Crippen LogP contribution in [-0.4, -0.2) is 18.7 Å². The van der Waals surface area contributed by atoms with E-state index < -0.39 is 0 Å². The molecule has 3 unspecified atom stereocenters. The van der Waals surface area contributed by atoms with Crippen molar-refractivity contribution in [2.75, 3.05) is 6.61 Å². The van der Waals surface area contributed by atoms with E-state index in [0.717, 1.165) is 12.2 Å². The molecule has 4 nitrogen and oxygen atoms in total. The molecular weight excluding hydrogens is 264 g/mol. The lowest BCUT2D eigenvalue weighted by Crippen LogP contribution is -2.19. The number of ether oxygens (including phenoxy) is 1. The van der Waals surface area contributed by atoms with Gasteiger partial charge < -0.3 is 4.74 Å². The predicted octanol–water partition coefficient (Wildman–Crippen LogP) is 3.01. The Morgan fingerprint density at radius 3 is 2.76 bits per heavy atom. The zero-order valence-corrected chi connectivity index (χ0v) is 12.2.